The average Bonchev–Trinajstić information content (AvgIpc) is 3.28. The van der Waals surface area contributed by atoms with Crippen LogP contribution in [0, 0.1) is 5.92 Å². The summed E-state index contributed by atoms with van der Waals surface area (Å²) in [4.78, 5) is 29.8. The molecule has 1 aliphatic rings. The Hall–Kier alpha value is -3.76. The third kappa shape index (κ3) is 6.13. The Morgan fingerprint density at radius 3 is 2.69 bits per heavy atom. The summed E-state index contributed by atoms with van der Waals surface area (Å²) in [5.74, 6) is -1.28. The van der Waals surface area contributed by atoms with Gasteiger partial charge in [0, 0.05) is 18.8 Å². The number of hydrogen-bond acceptors (Lipinski definition) is 8. The Kier molecular flexibility index (Phi) is 7.90. The van der Waals surface area contributed by atoms with Gasteiger partial charge in [0.2, 0.25) is 0 Å². The van der Waals surface area contributed by atoms with Crippen molar-refractivity contribution < 1.29 is 23.5 Å². The fourth-order valence-electron chi connectivity index (χ4n) is 3.27. The molecule has 0 spiro atoms. The molecule has 3 N–H and O–H groups in total. The lowest BCUT2D eigenvalue weighted by atomic mass is 9.97. The van der Waals surface area contributed by atoms with E-state index in [-0.39, 0.29) is 23.5 Å². The van der Waals surface area contributed by atoms with Gasteiger partial charge in [0.1, 0.15) is 12.1 Å². The fourth-order valence-corrected chi connectivity index (χ4v) is 3.27. The van der Waals surface area contributed by atoms with Gasteiger partial charge in [0.15, 0.2) is 0 Å². The largest absolute Gasteiger partial charge is 0.481 e. The fraction of sp³-hybridized carbons (Fsp3) is 0.381. The molecule has 0 saturated carbocycles. The molecule has 10 nitrogen and oxygen atoms in total. The van der Waals surface area contributed by atoms with Crippen LogP contribution >= 0.6 is 0 Å². The van der Waals surface area contributed by atoms with Crippen LogP contribution in [0.5, 0.6) is 0 Å². The molecule has 0 atom stereocenters. The zero-order valence-corrected chi connectivity index (χ0v) is 17.5. The van der Waals surface area contributed by atoms with Gasteiger partial charge in [0.25, 0.3) is 0 Å². The van der Waals surface area contributed by atoms with E-state index in [1.54, 1.807) is 18.2 Å². The number of carbonyl (C=O) groups excluding carboxylic acids is 1. The Labute approximate surface area is 184 Å². The van der Waals surface area contributed by atoms with Crippen molar-refractivity contribution in [2.75, 3.05) is 28.6 Å². The maximum atomic E-state index is 13.0. The molecule has 3 heterocycles. The van der Waals surface area contributed by atoms with Crippen LogP contribution in [0.25, 0.3) is 0 Å². The molecule has 1 amide bonds. The molecule has 170 valence electrons. The molecule has 1 fully saturated rings. The summed E-state index contributed by atoms with van der Waals surface area (Å²) in [6.07, 6.45) is 6.66. The zero-order chi connectivity index (χ0) is 22.9. The van der Waals surface area contributed by atoms with Crippen LogP contribution in [-0.2, 0) is 4.79 Å². The van der Waals surface area contributed by atoms with E-state index in [1.165, 1.54) is 6.20 Å². The topological polar surface area (TPSA) is 133 Å². The third-order valence-electron chi connectivity index (χ3n) is 5.05. The van der Waals surface area contributed by atoms with Crippen molar-refractivity contribution in [1.29, 1.82) is 0 Å². The Morgan fingerprint density at radius 1 is 1.28 bits per heavy atom. The lowest BCUT2D eigenvalue weighted by Crippen LogP contribution is -2.36. The van der Waals surface area contributed by atoms with Gasteiger partial charge in [-0.2, -0.15) is 0 Å². The summed E-state index contributed by atoms with van der Waals surface area (Å²) in [5.41, 5.74) is 0.690. The summed E-state index contributed by atoms with van der Waals surface area (Å²) in [6, 6.07) is 3.35. The van der Waals surface area contributed by atoms with Crippen molar-refractivity contribution in [1.82, 2.24) is 15.2 Å². The van der Waals surface area contributed by atoms with Crippen LogP contribution in [0.1, 0.15) is 42.8 Å². The van der Waals surface area contributed by atoms with E-state index in [0.29, 0.717) is 56.6 Å². The highest BCUT2D eigenvalue weighted by Crippen LogP contribution is 2.23. The maximum absolute atomic E-state index is 13.0. The molecule has 0 unspecified atom stereocenters. The van der Waals surface area contributed by atoms with Crippen molar-refractivity contribution in [2.45, 2.75) is 32.1 Å². The number of rotatable bonds is 10. The molecular formula is C21H25FN6O4. The van der Waals surface area contributed by atoms with Crippen molar-refractivity contribution in [3.8, 4) is 0 Å². The van der Waals surface area contributed by atoms with E-state index in [2.05, 4.69) is 32.4 Å². The number of anilines is 3. The summed E-state index contributed by atoms with van der Waals surface area (Å²) in [5, 5.41) is 21.7. The SMILES string of the molecule is C=CCCC/C(=C/F)Nc1nnc(C(=O)Nc2ccc(N3CCC(C(=O)O)CC3)nc2)o1. The zero-order valence-electron chi connectivity index (χ0n) is 17.5. The number of carboxylic acids is 1. The van der Waals surface area contributed by atoms with Crippen LogP contribution in [0.4, 0.5) is 21.9 Å². The Balaban J connectivity index is 1.53. The number of pyridine rings is 1. The second kappa shape index (κ2) is 11.0. The summed E-state index contributed by atoms with van der Waals surface area (Å²) < 4.78 is 18.2. The lowest BCUT2D eigenvalue weighted by molar-refractivity contribution is -0.142. The highest BCUT2D eigenvalue weighted by molar-refractivity contribution is 6.00. The minimum Gasteiger partial charge on any atom is -0.481 e. The smallest absolute Gasteiger partial charge is 0.320 e. The minimum atomic E-state index is -0.764. The van der Waals surface area contributed by atoms with Gasteiger partial charge in [0.05, 0.1) is 17.8 Å². The van der Waals surface area contributed by atoms with E-state index >= 15 is 0 Å². The number of hydrogen-bond donors (Lipinski definition) is 3. The maximum Gasteiger partial charge on any atom is 0.320 e. The van der Waals surface area contributed by atoms with Crippen molar-refractivity contribution in [2.24, 2.45) is 5.92 Å². The van der Waals surface area contributed by atoms with Crippen LogP contribution in [-0.4, -0.2) is 45.3 Å². The predicted molar refractivity (Wildman–Crippen MR) is 116 cm³/mol. The van der Waals surface area contributed by atoms with E-state index < -0.39 is 11.9 Å². The first-order chi connectivity index (χ1) is 15.5. The van der Waals surface area contributed by atoms with Gasteiger partial charge in [-0.1, -0.05) is 11.2 Å². The number of carboxylic acid groups (broad SMARTS) is 1. The highest BCUT2D eigenvalue weighted by Gasteiger charge is 2.25. The first-order valence-electron chi connectivity index (χ1n) is 10.3. The van der Waals surface area contributed by atoms with Gasteiger partial charge in [-0.25, -0.2) is 9.37 Å². The van der Waals surface area contributed by atoms with Crippen molar-refractivity contribution >= 4 is 29.4 Å². The second-order valence-electron chi connectivity index (χ2n) is 7.31. The number of amides is 1. The van der Waals surface area contributed by atoms with Crippen LogP contribution < -0.4 is 15.5 Å². The van der Waals surface area contributed by atoms with Gasteiger partial charge >= 0.3 is 23.8 Å². The normalized spacial score (nSPS) is 14.8. The summed E-state index contributed by atoms with van der Waals surface area (Å²) in [6.45, 7) is 4.83. The number of aliphatic carboxylic acids is 1. The quantitative estimate of drug-likeness (QED) is 0.371. The molecule has 2 aromatic heterocycles. The first-order valence-corrected chi connectivity index (χ1v) is 10.3. The molecular weight excluding hydrogens is 419 g/mol. The number of piperidine rings is 1. The average molecular weight is 444 g/mol. The molecule has 3 rings (SSSR count). The van der Waals surface area contributed by atoms with E-state index in [1.807, 2.05) is 4.90 Å². The summed E-state index contributed by atoms with van der Waals surface area (Å²) in [7, 11) is 0. The lowest BCUT2D eigenvalue weighted by Gasteiger charge is -2.31. The van der Waals surface area contributed by atoms with Gasteiger partial charge in [-0.3, -0.25) is 9.59 Å². The number of nitrogens with zero attached hydrogens (tertiary/aromatic N) is 4. The van der Waals surface area contributed by atoms with Gasteiger partial charge in [-0.15, -0.1) is 11.7 Å². The number of aromatic nitrogens is 3. The standard InChI is InChI=1S/C21H25FN6O4/c1-2-3-4-5-15(12-22)25-21-27-26-19(32-21)18(29)24-16-6-7-17(23-13-16)28-10-8-14(9-11-28)20(30)31/h2,6-7,12-14H,1,3-5,8-11H2,(H,24,29)(H,25,27)(H,30,31)/b15-12-. The van der Waals surface area contributed by atoms with E-state index in [0.717, 1.165) is 6.42 Å². The van der Waals surface area contributed by atoms with Gasteiger partial charge in [-0.05, 0) is 44.2 Å². The molecule has 0 bridgehead atoms. The number of allylic oxidation sites excluding steroid dienone is 2. The van der Waals surface area contributed by atoms with Crippen LogP contribution in [0.3, 0.4) is 0 Å². The van der Waals surface area contributed by atoms with E-state index in [4.69, 9.17) is 9.52 Å². The molecule has 0 aliphatic carbocycles. The molecule has 0 aromatic carbocycles. The molecule has 1 aliphatic heterocycles. The first kappa shape index (κ1) is 22.9. The van der Waals surface area contributed by atoms with Crippen LogP contribution in [0.15, 0.2) is 47.4 Å². The molecule has 0 radical (unpaired) electrons. The monoisotopic (exact) mass is 444 g/mol. The number of unbranched alkanes of at least 4 members (excludes halogenated alkanes) is 1. The number of halogens is 1. The predicted octanol–water partition coefficient (Wildman–Crippen LogP) is 3.60. The number of nitrogens with one attached hydrogen (secondary N) is 2. The van der Waals surface area contributed by atoms with Crippen LogP contribution in [0.2, 0.25) is 0 Å². The minimum absolute atomic E-state index is 0.0871. The molecule has 32 heavy (non-hydrogen) atoms. The molecule has 11 heteroatoms. The van der Waals surface area contributed by atoms with Crippen molar-refractivity contribution in [3.63, 3.8) is 0 Å². The summed E-state index contributed by atoms with van der Waals surface area (Å²) >= 11 is 0. The van der Waals surface area contributed by atoms with Crippen molar-refractivity contribution in [3.05, 3.63) is 48.9 Å². The molecule has 2 aromatic rings. The molecule has 1 saturated heterocycles. The Bertz CT molecular complexity index is 967. The number of carbonyl (C=O) groups is 2. The van der Waals surface area contributed by atoms with E-state index in [9.17, 15) is 14.0 Å². The third-order valence-corrected chi connectivity index (χ3v) is 5.05. The second-order valence-corrected chi connectivity index (χ2v) is 7.31. The van der Waals surface area contributed by atoms with Gasteiger partial charge < -0.3 is 25.1 Å². The highest BCUT2D eigenvalue weighted by atomic mass is 19.1. The Morgan fingerprint density at radius 2 is 2.06 bits per heavy atom.